The molecule has 1 heterocycles. The van der Waals surface area contributed by atoms with E-state index in [1.165, 1.54) is 22.6 Å². The van der Waals surface area contributed by atoms with Crippen molar-refractivity contribution in [3.8, 4) is 0 Å². The minimum Gasteiger partial charge on any atom is -0.298 e. The number of rotatable bonds is 3. The molecule has 1 aromatic heterocycles. The second-order valence-corrected chi connectivity index (χ2v) is 4.73. The molecule has 0 aliphatic carbocycles. The summed E-state index contributed by atoms with van der Waals surface area (Å²) in [7, 11) is 0. The molecule has 0 aromatic carbocycles. The van der Waals surface area contributed by atoms with Crippen LogP contribution in [0.4, 0.5) is 32.0 Å². The van der Waals surface area contributed by atoms with Gasteiger partial charge in [-0.2, -0.15) is 26.3 Å². The molecule has 0 spiro atoms. The number of carbonyl (C=O) groups excluding carboxylic acids is 1. The lowest BCUT2D eigenvalue weighted by Crippen LogP contribution is -2.42. The highest BCUT2D eigenvalue weighted by Crippen LogP contribution is 2.32. The van der Waals surface area contributed by atoms with Crippen molar-refractivity contribution in [2.45, 2.75) is 12.4 Å². The van der Waals surface area contributed by atoms with Gasteiger partial charge >= 0.3 is 18.3 Å². The molecule has 0 N–H and O–H groups in total. The predicted molar refractivity (Wildman–Crippen MR) is 70.6 cm³/mol. The molecular formula is C11H7F6IN2O. The van der Waals surface area contributed by atoms with Crippen LogP contribution in [0, 0.1) is 3.70 Å². The summed E-state index contributed by atoms with van der Waals surface area (Å²) in [6.07, 6.45) is -8.86. The Morgan fingerprint density at radius 3 is 2.24 bits per heavy atom. The molecule has 116 valence electrons. The second-order valence-electron chi connectivity index (χ2n) is 3.71. The highest BCUT2D eigenvalue weighted by molar-refractivity contribution is 14.1. The maximum Gasteiger partial charge on any atom is 0.471 e. The lowest BCUT2D eigenvalue weighted by Gasteiger charge is -2.23. The summed E-state index contributed by atoms with van der Waals surface area (Å²) in [5.41, 5.74) is -1.63. The summed E-state index contributed by atoms with van der Waals surface area (Å²) >= 11 is 1.34. The van der Waals surface area contributed by atoms with E-state index in [1.807, 2.05) is 0 Å². The zero-order chi connectivity index (χ0) is 16.4. The highest BCUT2D eigenvalue weighted by atomic mass is 127. The highest BCUT2D eigenvalue weighted by Gasteiger charge is 2.43. The third kappa shape index (κ3) is 4.32. The van der Waals surface area contributed by atoms with E-state index in [0.29, 0.717) is 6.07 Å². The zero-order valence-electron chi connectivity index (χ0n) is 10.1. The average molecular weight is 424 g/mol. The first kappa shape index (κ1) is 17.7. The molecule has 0 saturated carbocycles. The fourth-order valence-electron chi connectivity index (χ4n) is 1.36. The third-order valence-electron chi connectivity index (χ3n) is 2.21. The van der Waals surface area contributed by atoms with Crippen LogP contribution in [0.5, 0.6) is 0 Å². The van der Waals surface area contributed by atoms with Crippen molar-refractivity contribution >= 4 is 34.2 Å². The minimum absolute atomic E-state index is 0.266. The summed E-state index contributed by atoms with van der Waals surface area (Å²) in [5, 5.41) is 0. The summed E-state index contributed by atoms with van der Waals surface area (Å²) in [6.45, 7) is 2.70. The number of amides is 1. The Balaban J connectivity index is 3.28. The molecule has 3 nitrogen and oxygen atoms in total. The fraction of sp³-hybridized carbons (Fsp3) is 0.273. The van der Waals surface area contributed by atoms with Crippen LogP contribution in [0.2, 0.25) is 0 Å². The smallest absolute Gasteiger partial charge is 0.298 e. The minimum atomic E-state index is -5.16. The molecule has 0 aliphatic rings. The maximum atomic E-state index is 12.5. The van der Waals surface area contributed by atoms with Crippen molar-refractivity contribution in [2.75, 3.05) is 11.4 Å². The van der Waals surface area contributed by atoms with Gasteiger partial charge in [-0.15, -0.1) is 6.58 Å². The molecule has 0 saturated heterocycles. The standard InChI is InChI=1S/C11H7F6IN2O/c1-2-5-20(9(21)11(15,16)17)6-3-4-7(10(12,13)14)19-8(6)18/h2-4H,1,5H2. The number of hydrogen-bond acceptors (Lipinski definition) is 2. The SMILES string of the molecule is C=CCN(C(=O)C(F)(F)F)c1ccc(C(F)(F)F)nc1I. The van der Waals surface area contributed by atoms with Gasteiger partial charge in [0.2, 0.25) is 0 Å². The van der Waals surface area contributed by atoms with E-state index in [4.69, 9.17) is 0 Å². The first-order valence-electron chi connectivity index (χ1n) is 5.21. The van der Waals surface area contributed by atoms with Crippen LogP contribution in [0.15, 0.2) is 24.8 Å². The summed E-state index contributed by atoms with van der Waals surface area (Å²) < 4.78 is 74.4. The van der Waals surface area contributed by atoms with Crippen LogP contribution < -0.4 is 4.90 Å². The number of aromatic nitrogens is 1. The molecular weight excluding hydrogens is 417 g/mol. The summed E-state index contributed by atoms with van der Waals surface area (Å²) in [4.78, 5) is 14.7. The quantitative estimate of drug-likeness (QED) is 0.320. The molecule has 1 rings (SSSR count). The van der Waals surface area contributed by atoms with E-state index in [0.717, 1.165) is 12.1 Å². The number of anilines is 1. The number of carbonyl (C=O) groups is 1. The van der Waals surface area contributed by atoms with Crippen LogP contribution in [-0.4, -0.2) is 23.6 Å². The Kier molecular flexibility index (Phi) is 5.23. The van der Waals surface area contributed by atoms with E-state index in [1.54, 1.807) is 0 Å². The Labute approximate surface area is 128 Å². The van der Waals surface area contributed by atoms with Gasteiger partial charge in [-0.3, -0.25) is 9.69 Å². The maximum absolute atomic E-state index is 12.5. The molecule has 0 radical (unpaired) electrons. The lowest BCUT2D eigenvalue weighted by atomic mass is 10.3. The van der Waals surface area contributed by atoms with E-state index in [9.17, 15) is 31.1 Å². The van der Waals surface area contributed by atoms with Crippen LogP contribution in [0.25, 0.3) is 0 Å². The van der Waals surface area contributed by atoms with Gasteiger partial charge in [-0.25, -0.2) is 4.98 Å². The fourth-order valence-corrected chi connectivity index (χ4v) is 2.09. The van der Waals surface area contributed by atoms with Crippen LogP contribution in [0.1, 0.15) is 5.69 Å². The molecule has 0 fully saturated rings. The van der Waals surface area contributed by atoms with Crippen molar-refractivity contribution in [3.05, 3.63) is 34.2 Å². The van der Waals surface area contributed by atoms with Crippen LogP contribution in [0.3, 0.4) is 0 Å². The number of nitrogens with zero attached hydrogens (tertiary/aromatic N) is 2. The Hall–Kier alpha value is -1.33. The number of halogens is 7. The Morgan fingerprint density at radius 1 is 1.29 bits per heavy atom. The molecule has 0 aliphatic heterocycles. The van der Waals surface area contributed by atoms with Gasteiger partial charge in [0.15, 0.2) is 0 Å². The lowest BCUT2D eigenvalue weighted by molar-refractivity contribution is -0.170. The van der Waals surface area contributed by atoms with Crippen molar-refractivity contribution < 1.29 is 31.1 Å². The largest absolute Gasteiger partial charge is 0.471 e. The van der Waals surface area contributed by atoms with Crippen molar-refractivity contribution in [1.29, 1.82) is 0 Å². The van der Waals surface area contributed by atoms with Crippen LogP contribution in [-0.2, 0) is 11.0 Å². The monoisotopic (exact) mass is 424 g/mol. The summed E-state index contributed by atoms with van der Waals surface area (Å²) in [6, 6.07) is 1.28. The van der Waals surface area contributed by atoms with Gasteiger partial charge in [0, 0.05) is 6.54 Å². The molecule has 0 atom stereocenters. The van der Waals surface area contributed by atoms with Crippen molar-refractivity contribution in [3.63, 3.8) is 0 Å². The average Bonchev–Trinajstić information content (AvgIpc) is 2.33. The van der Waals surface area contributed by atoms with Gasteiger partial charge in [0.05, 0.1) is 5.69 Å². The van der Waals surface area contributed by atoms with Gasteiger partial charge in [0.1, 0.15) is 9.39 Å². The summed E-state index contributed by atoms with van der Waals surface area (Å²) in [5.74, 6) is -2.21. The van der Waals surface area contributed by atoms with E-state index in [-0.39, 0.29) is 14.3 Å². The van der Waals surface area contributed by atoms with Gasteiger partial charge < -0.3 is 0 Å². The molecule has 0 unspecified atom stereocenters. The topological polar surface area (TPSA) is 33.2 Å². The molecule has 1 amide bonds. The van der Waals surface area contributed by atoms with Crippen molar-refractivity contribution in [1.82, 2.24) is 4.98 Å². The van der Waals surface area contributed by atoms with Gasteiger partial charge in [-0.1, -0.05) is 6.08 Å². The second kappa shape index (κ2) is 6.20. The zero-order valence-corrected chi connectivity index (χ0v) is 12.3. The third-order valence-corrected chi connectivity index (χ3v) is 3.00. The number of alkyl halides is 6. The molecule has 10 heteroatoms. The number of hydrogen-bond donors (Lipinski definition) is 0. The Morgan fingerprint density at radius 2 is 1.86 bits per heavy atom. The molecule has 21 heavy (non-hydrogen) atoms. The van der Waals surface area contributed by atoms with Gasteiger partial charge in [0.25, 0.3) is 0 Å². The molecule has 1 aromatic rings. The Bertz CT molecular complexity index is 555. The first-order chi connectivity index (χ1) is 9.48. The van der Waals surface area contributed by atoms with E-state index < -0.39 is 30.5 Å². The first-order valence-corrected chi connectivity index (χ1v) is 6.29. The normalized spacial score (nSPS) is 12.1. The number of pyridine rings is 1. The van der Waals surface area contributed by atoms with E-state index >= 15 is 0 Å². The van der Waals surface area contributed by atoms with Crippen molar-refractivity contribution in [2.24, 2.45) is 0 Å². The van der Waals surface area contributed by atoms with E-state index in [2.05, 4.69) is 11.6 Å². The van der Waals surface area contributed by atoms with Crippen LogP contribution >= 0.6 is 22.6 Å². The van der Waals surface area contributed by atoms with Gasteiger partial charge in [-0.05, 0) is 34.7 Å². The molecule has 0 bridgehead atoms. The predicted octanol–water partition coefficient (Wildman–Crippen LogP) is 3.79.